The second-order valence-electron chi connectivity index (χ2n) is 6.50. The van der Waals surface area contributed by atoms with Crippen molar-refractivity contribution in [2.75, 3.05) is 26.2 Å². The Kier molecular flexibility index (Phi) is 4.00. The SMILES string of the molecule is O=C(c1ccc(Cn2cc([N+](=O)[O-])cn2)o1)N1CCN2CCC[C@@H]2C1. The minimum absolute atomic E-state index is 0.0720. The fourth-order valence-electron chi connectivity index (χ4n) is 3.60. The number of piperazine rings is 1. The van der Waals surface area contributed by atoms with E-state index in [4.69, 9.17) is 4.42 Å². The first kappa shape index (κ1) is 15.8. The number of furan rings is 1. The Bertz CT molecular complexity index is 798. The van der Waals surface area contributed by atoms with Crippen molar-refractivity contribution in [3.05, 3.63) is 46.2 Å². The molecule has 2 aromatic heterocycles. The van der Waals surface area contributed by atoms with Crippen molar-refractivity contribution in [1.29, 1.82) is 0 Å². The lowest BCUT2D eigenvalue weighted by molar-refractivity contribution is -0.385. The molecular weight excluding hydrogens is 326 g/mol. The summed E-state index contributed by atoms with van der Waals surface area (Å²) in [5.41, 5.74) is -0.0720. The van der Waals surface area contributed by atoms with Gasteiger partial charge in [0.15, 0.2) is 5.76 Å². The molecule has 0 aliphatic carbocycles. The van der Waals surface area contributed by atoms with E-state index >= 15 is 0 Å². The first-order chi connectivity index (χ1) is 12.1. The topological polar surface area (TPSA) is 97.6 Å². The molecule has 2 aromatic rings. The van der Waals surface area contributed by atoms with E-state index in [2.05, 4.69) is 10.00 Å². The van der Waals surface area contributed by atoms with Crippen molar-refractivity contribution in [3.63, 3.8) is 0 Å². The van der Waals surface area contributed by atoms with Crippen LogP contribution in [-0.2, 0) is 6.54 Å². The molecule has 2 aliphatic heterocycles. The van der Waals surface area contributed by atoms with Crippen LogP contribution in [0.5, 0.6) is 0 Å². The fourth-order valence-corrected chi connectivity index (χ4v) is 3.60. The smallest absolute Gasteiger partial charge is 0.307 e. The molecule has 0 saturated carbocycles. The molecule has 9 heteroatoms. The van der Waals surface area contributed by atoms with E-state index in [1.807, 2.05) is 4.90 Å². The minimum atomic E-state index is -0.497. The molecule has 4 heterocycles. The lowest BCUT2D eigenvalue weighted by Crippen LogP contribution is -2.51. The molecule has 0 spiro atoms. The van der Waals surface area contributed by atoms with Gasteiger partial charge in [-0.15, -0.1) is 0 Å². The van der Waals surface area contributed by atoms with Crippen LogP contribution in [0.15, 0.2) is 28.9 Å². The van der Waals surface area contributed by atoms with E-state index < -0.39 is 4.92 Å². The second kappa shape index (κ2) is 6.32. The van der Waals surface area contributed by atoms with Gasteiger partial charge in [-0.25, -0.2) is 0 Å². The number of amides is 1. The highest BCUT2D eigenvalue weighted by Crippen LogP contribution is 2.23. The van der Waals surface area contributed by atoms with Gasteiger partial charge in [-0.2, -0.15) is 5.10 Å². The van der Waals surface area contributed by atoms with Crippen LogP contribution in [-0.4, -0.2) is 62.6 Å². The Hall–Kier alpha value is -2.68. The molecule has 2 saturated heterocycles. The van der Waals surface area contributed by atoms with Gasteiger partial charge in [-0.1, -0.05) is 0 Å². The van der Waals surface area contributed by atoms with Gasteiger partial charge in [-0.05, 0) is 31.5 Å². The van der Waals surface area contributed by atoms with E-state index in [1.54, 1.807) is 12.1 Å². The second-order valence-corrected chi connectivity index (χ2v) is 6.50. The first-order valence-corrected chi connectivity index (χ1v) is 8.39. The Morgan fingerprint density at radius 3 is 3.04 bits per heavy atom. The average Bonchev–Trinajstić information content (AvgIpc) is 3.34. The first-order valence-electron chi connectivity index (χ1n) is 8.39. The van der Waals surface area contributed by atoms with Gasteiger partial charge in [-0.3, -0.25) is 24.5 Å². The third-order valence-electron chi connectivity index (χ3n) is 4.90. The molecule has 1 atom stereocenters. The van der Waals surface area contributed by atoms with Crippen LogP contribution in [0.3, 0.4) is 0 Å². The maximum atomic E-state index is 12.6. The third-order valence-corrected chi connectivity index (χ3v) is 4.90. The standard InChI is InChI=1S/C16H19N5O4/c22-16(19-7-6-18-5-1-2-12(18)9-19)15-4-3-14(25-15)11-20-10-13(8-17-20)21(23)24/h3-4,8,10,12H,1-2,5-7,9,11H2/t12-/m1/s1. The van der Waals surface area contributed by atoms with Gasteiger partial charge in [0, 0.05) is 25.7 Å². The number of nitrogens with zero attached hydrogens (tertiary/aromatic N) is 5. The van der Waals surface area contributed by atoms with E-state index in [-0.39, 0.29) is 18.1 Å². The van der Waals surface area contributed by atoms with Crippen molar-refractivity contribution in [2.24, 2.45) is 0 Å². The number of hydrogen-bond acceptors (Lipinski definition) is 6. The molecule has 132 valence electrons. The zero-order chi connectivity index (χ0) is 17.4. The summed E-state index contributed by atoms with van der Waals surface area (Å²) in [7, 11) is 0. The Morgan fingerprint density at radius 1 is 1.36 bits per heavy atom. The molecule has 2 fully saturated rings. The maximum absolute atomic E-state index is 12.6. The molecule has 0 bridgehead atoms. The number of rotatable bonds is 4. The average molecular weight is 345 g/mol. The normalized spacial score (nSPS) is 20.6. The Morgan fingerprint density at radius 2 is 2.24 bits per heavy atom. The quantitative estimate of drug-likeness (QED) is 0.613. The summed E-state index contributed by atoms with van der Waals surface area (Å²) in [6, 6.07) is 3.85. The van der Waals surface area contributed by atoms with Gasteiger partial charge in [0.25, 0.3) is 5.91 Å². The number of aromatic nitrogens is 2. The lowest BCUT2D eigenvalue weighted by atomic mass is 10.1. The lowest BCUT2D eigenvalue weighted by Gasteiger charge is -2.37. The van der Waals surface area contributed by atoms with Crippen molar-refractivity contribution >= 4 is 11.6 Å². The summed E-state index contributed by atoms with van der Waals surface area (Å²) in [5, 5.41) is 14.6. The fraction of sp³-hybridized carbons (Fsp3) is 0.500. The van der Waals surface area contributed by atoms with E-state index in [0.29, 0.717) is 17.6 Å². The van der Waals surface area contributed by atoms with Crippen LogP contribution in [0.1, 0.15) is 29.2 Å². The summed E-state index contributed by atoms with van der Waals surface area (Å²) in [4.78, 5) is 27.1. The van der Waals surface area contributed by atoms with Gasteiger partial charge in [0.05, 0.1) is 11.5 Å². The summed E-state index contributed by atoms with van der Waals surface area (Å²) in [5.74, 6) is 0.758. The third kappa shape index (κ3) is 3.14. The number of nitro groups is 1. The highest BCUT2D eigenvalue weighted by molar-refractivity contribution is 5.91. The summed E-state index contributed by atoms with van der Waals surface area (Å²) >= 11 is 0. The van der Waals surface area contributed by atoms with Gasteiger partial charge >= 0.3 is 5.69 Å². The minimum Gasteiger partial charge on any atom is -0.454 e. The van der Waals surface area contributed by atoms with Gasteiger partial charge < -0.3 is 9.32 Å². The van der Waals surface area contributed by atoms with Crippen LogP contribution in [0.2, 0.25) is 0 Å². The van der Waals surface area contributed by atoms with Crippen molar-refractivity contribution < 1.29 is 14.1 Å². The van der Waals surface area contributed by atoms with Crippen molar-refractivity contribution in [1.82, 2.24) is 19.6 Å². The summed E-state index contributed by atoms with van der Waals surface area (Å²) in [6.07, 6.45) is 4.87. The highest BCUT2D eigenvalue weighted by Gasteiger charge is 2.33. The van der Waals surface area contributed by atoms with Gasteiger partial charge in [0.1, 0.15) is 18.2 Å². The molecule has 1 amide bonds. The molecular formula is C16H19N5O4. The molecule has 25 heavy (non-hydrogen) atoms. The zero-order valence-electron chi connectivity index (χ0n) is 13.7. The van der Waals surface area contributed by atoms with Crippen LogP contribution in [0.25, 0.3) is 0 Å². The maximum Gasteiger partial charge on any atom is 0.307 e. The number of carbonyl (C=O) groups excluding carboxylic acids is 1. The molecule has 4 rings (SSSR count). The van der Waals surface area contributed by atoms with E-state index in [9.17, 15) is 14.9 Å². The Labute approximate surface area is 143 Å². The van der Waals surface area contributed by atoms with Crippen molar-refractivity contribution in [3.8, 4) is 0 Å². The highest BCUT2D eigenvalue weighted by atomic mass is 16.6. The molecule has 0 unspecified atom stereocenters. The predicted molar refractivity (Wildman–Crippen MR) is 87.2 cm³/mol. The molecule has 2 aliphatic rings. The monoisotopic (exact) mass is 345 g/mol. The zero-order valence-corrected chi connectivity index (χ0v) is 13.7. The van der Waals surface area contributed by atoms with Crippen LogP contribution >= 0.6 is 0 Å². The van der Waals surface area contributed by atoms with E-state index in [0.717, 1.165) is 32.6 Å². The van der Waals surface area contributed by atoms with Crippen LogP contribution in [0.4, 0.5) is 5.69 Å². The molecule has 9 nitrogen and oxygen atoms in total. The van der Waals surface area contributed by atoms with Crippen LogP contribution in [0, 0.1) is 10.1 Å². The van der Waals surface area contributed by atoms with Gasteiger partial charge in [0.2, 0.25) is 0 Å². The largest absolute Gasteiger partial charge is 0.454 e. The number of fused-ring (bicyclic) bond motifs is 1. The number of hydrogen-bond donors (Lipinski definition) is 0. The van der Waals surface area contributed by atoms with Crippen LogP contribution < -0.4 is 0 Å². The summed E-state index contributed by atoms with van der Waals surface area (Å²) in [6.45, 7) is 3.77. The van der Waals surface area contributed by atoms with Crippen molar-refractivity contribution in [2.45, 2.75) is 25.4 Å². The predicted octanol–water partition coefficient (Wildman–Crippen LogP) is 1.35. The summed E-state index contributed by atoms with van der Waals surface area (Å²) < 4.78 is 7.07. The molecule has 0 aromatic carbocycles. The van der Waals surface area contributed by atoms with E-state index in [1.165, 1.54) is 23.5 Å². The number of carbonyl (C=O) groups is 1. The Balaban J connectivity index is 1.41. The molecule has 0 N–H and O–H groups in total. The molecule has 0 radical (unpaired) electrons.